The van der Waals surface area contributed by atoms with E-state index in [0.29, 0.717) is 24.2 Å². The molecule has 1 aliphatic rings. The van der Waals surface area contributed by atoms with Gasteiger partial charge in [-0.2, -0.15) is 8.42 Å². The maximum Gasteiger partial charge on any atom is 0.338 e. The molecule has 0 spiro atoms. The molecule has 0 saturated carbocycles. The van der Waals surface area contributed by atoms with Gasteiger partial charge in [-0.15, -0.1) is 3.89 Å². The first kappa shape index (κ1) is 13.0. The zero-order valence-electron chi connectivity index (χ0n) is 9.60. The molecule has 0 fully saturated rings. The summed E-state index contributed by atoms with van der Waals surface area (Å²) in [5.41, 5.74) is 1.23. The van der Waals surface area contributed by atoms with E-state index in [9.17, 15) is 17.1 Å². The van der Waals surface area contributed by atoms with Crippen molar-refractivity contribution >= 4 is 16.2 Å². The largest absolute Gasteiger partial charge is 0.465 e. The second-order valence-corrected chi connectivity index (χ2v) is 5.19. The van der Waals surface area contributed by atoms with Gasteiger partial charge >= 0.3 is 16.2 Å². The van der Waals surface area contributed by atoms with Crippen molar-refractivity contribution in [2.45, 2.75) is 17.9 Å². The third-order valence-electron chi connectivity index (χ3n) is 2.76. The second-order valence-electron chi connectivity index (χ2n) is 3.84. The van der Waals surface area contributed by atoms with Gasteiger partial charge in [0, 0.05) is 0 Å². The lowest BCUT2D eigenvalue weighted by atomic mass is 9.97. The Kier molecular flexibility index (Phi) is 3.36. The fourth-order valence-electron chi connectivity index (χ4n) is 1.92. The molecule has 2 rings (SSSR count). The summed E-state index contributed by atoms with van der Waals surface area (Å²) in [4.78, 5) is 11.0. The van der Waals surface area contributed by atoms with Crippen LogP contribution in [0.3, 0.4) is 0 Å². The summed E-state index contributed by atoms with van der Waals surface area (Å²) in [5.74, 6) is -0.682. The standard InChI is InChI=1S/C11H11FO5S/c1-16-11(13)10-5-8(18(12,14)15)4-7-6-17-3-2-9(7)10/h4-5H,2-3,6H2,1H3. The van der Waals surface area contributed by atoms with Crippen LogP contribution in [0.5, 0.6) is 0 Å². The van der Waals surface area contributed by atoms with Gasteiger partial charge in [0.2, 0.25) is 0 Å². The van der Waals surface area contributed by atoms with E-state index < -0.39 is 21.1 Å². The number of benzene rings is 1. The number of carbonyl (C=O) groups excluding carboxylic acids is 1. The lowest BCUT2D eigenvalue weighted by Crippen LogP contribution is -2.17. The molecule has 1 aliphatic heterocycles. The van der Waals surface area contributed by atoms with Gasteiger partial charge in [0.1, 0.15) is 0 Å². The van der Waals surface area contributed by atoms with Crippen LogP contribution < -0.4 is 0 Å². The maximum atomic E-state index is 13.0. The molecule has 0 radical (unpaired) electrons. The highest BCUT2D eigenvalue weighted by Gasteiger charge is 2.24. The Bertz CT molecular complexity index is 594. The molecule has 1 aromatic carbocycles. The second kappa shape index (κ2) is 4.66. The van der Waals surface area contributed by atoms with Crippen molar-refractivity contribution in [2.24, 2.45) is 0 Å². The molecule has 5 nitrogen and oxygen atoms in total. The van der Waals surface area contributed by atoms with Crippen molar-refractivity contribution in [3.05, 3.63) is 28.8 Å². The first-order valence-electron chi connectivity index (χ1n) is 5.20. The lowest BCUT2D eigenvalue weighted by Gasteiger charge is -2.19. The van der Waals surface area contributed by atoms with Crippen molar-refractivity contribution < 1.29 is 26.6 Å². The number of methoxy groups -OCH3 is 1. The fraction of sp³-hybridized carbons (Fsp3) is 0.364. The third kappa shape index (κ3) is 2.37. The van der Waals surface area contributed by atoms with E-state index in [4.69, 9.17) is 4.74 Å². The zero-order chi connectivity index (χ0) is 13.3. The summed E-state index contributed by atoms with van der Waals surface area (Å²) < 4.78 is 44.6. The number of hydrogen-bond acceptors (Lipinski definition) is 5. The van der Waals surface area contributed by atoms with Gasteiger partial charge in [0.05, 0.1) is 30.8 Å². The molecule has 1 aromatic rings. The Hall–Kier alpha value is -1.47. The average Bonchev–Trinajstić information content (AvgIpc) is 2.35. The molecular weight excluding hydrogens is 263 g/mol. The molecular formula is C11H11FO5S. The van der Waals surface area contributed by atoms with Crippen LogP contribution in [0.4, 0.5) is 3.89 Å². The number of carbonyl (C=O) groups is 1. The monoisotopic (exact) mass is 274 g/mol. The minimum absolute atomic E-state index is 0.0783. The molecule has 0 N–H and O–H groups in total. The number of hydrogen-bond donors (Lipinski definition) is 0. The highest BCUT2D eigenvalue weighted by atomic mass is 32.3. The Morgan fingerprint density at radius 1 is 1.44 bits per heavy atom. The average molecular weight is 274 g/mol. The van der Waals surface area contributed by atoms with Crippen molar-refractivity contribution in [3.63, 3.8) is 0 Å². The zero-order valence-corrected chi connectivity index (χ0v) is 10.4. The van der Waals surface area contributed by atoms with E-state index in [0.717, 1.165) is 6.07 Å². The number of ether oxygens (including phenoxy) is 2. The minimum Gasteiger partial charge on any atom is -0.465 e. The quantitative estimate of drug-likeness (QED) is 0.598. The molecule has 0 amide bonds. The van der Waals surface area contributed by atoms with Crippen LogP contribution in [0.1, 0.15) is 21.5 Å². The molecule has 0 unspecified atom stereocenters. The molecule has 7 heteroatoms. The predicted molar refractivity (Wildman–Crippen MR) is 59.4 cm³/mol. The topological polar surface area (TPSA) is 69.7 Å². The van der Waals surface area contributed by atoms with Crippen LogP contribution in [0.15, 0.2) is 17.0 Å². The van der Waals surface area contributed by atoms with Gasteiger partial charge < -0.3 is 9.47 Å². The van der Waals surface area contributed by atoms with Crippen molar-refractivity contribution in [1.82, 2.24) is 0 Å². The maximum absolute atomic E-state index is 13.0. The Morgan fingerprint density at radius 3 is 2.78 bits per heavy atom. The number of esters is 1. The lowest BCUT2D eigenvalue weighted by molar-refractivity contribution is 0.0594. The predicted octanol–water partition coefficient (Wildman–Crippen LogP) is 1.20. The van der Waals surface area contributed by atoms with E-state index in [1.165, 1.54) is 13.2 Å². The summed E-state index contributed by atoms with van der Waals surface area (Å²) in [6.07, 6.45) is 0.465. The highest BCUT2D eigenvalue weighted by molar-refractivity contribution is 7.86. The first-order chi connectivity index (χ1) is 8.43. The van der Waals surface area contributed by atoms with Crippen LogP contribution in [0.2, 0.25) is 0 Å². The van der Waals surface area contributed by atoms with Crippen LogP contribution in [0.25, 0.3) is 0 Å². The van der Waals surface area contributed by atoms with Crippen molar-refractivity contribution in [3.8, 4) is 0 Å². The number of rotatable bonds is 2. The van der Waals surface area contributed by atoms with Gasteiger partial charge in [-0.3, -0.25) is 0 Å². The van der Waals surface area contributed by atoms with Gasteiger partial charge in [0.25, 0.3) is 0 Å². The van der Waals surface area contributed by atoms with E-state index in [2.05, 4.69) is 4.74 Å². The van der Waals surface area contributed by atoms with E-state index >= 15 is 0 Å². The van der Waals surface area contributed by atoms with Crippen molar-refractivity contribution in [1.29, 1.82) is 0 Å². The van der Waals surface area contributed by atoms with Crippen LogP contribution >= 0.6 is 0 Å². The Balaban J connectivity index is 2.66. The Labute approximate surface area is 104 Å². The summed E-state index contributed by atoms with van der Waals surface area (Å²) in [6.45, 7) is 0.585. The van der Waals surface area contributed by atoms with Crippen LogP contribution in [-0.2, 0) is 32.7 Å². The smallest absolute Gasteiger partial charge is 0.338 e. The first-order valence-corrected chi connectivity index (χ1v) is 6.58. The molecule has 98 valence electrons. The molecule has 1 heterocycles. The molecule has 0 atom stereocenters. The highest BCUT2D eigenvalue weighted by Crippen LogP contribution is 2.26. The van der Waals surface area contributed by atoms with Gasteiger partial charge in [-0.1, -0.05) is 0 Å². The summed E-state index contributed by atoms with van der Waals surface area (Å²) in [6, 6.07) is 2.20. The molecule has 0 aromatic heterocycles. The summed E-state index contributed by atoms with van der Waals surface area (Å²) in [5, 5.41) is 0. The molecule has 18 heavy (non-hydrogen) atoms. The molecule has 0 saturated heterocycles. The van der Waals surface area contributed by atoms with E-state index in [1.807, 2.05) is 0 Å². The Morgan fingerprint density at radius 2 is 2.17 bits per heavy atom. The van der Waals surface area contributed by atoms with Crippen LogP contribution in [-0.4, -0.2) is 28.1 Å². The summed E-state index contributed by atoms with van der Waals surface area (Å²) in [7, 11) is -3.68. The third-order valence-corrected chi connectivity index (χ3v) is 3.56. The SMILES string of the molecule is COC(=O)c1cc(S(=O)(=O)F)cc2c1CCOC2. The van der Waals surface area contributed by atoms with E-state index in [-0.39, 0.29) is 12.2 Å². The van der Waals surface area contributed by atoms with Gasteiger partial charge in [-0.25, -0.2) is 4.79 Å². The van der Waals surface area contributed by atoms with Crippen LogP contribution in [0, 0.1) is 0 Å². The van der Waals surface area contributed by atoms with Crippen molar-refractivity contribution in [2.75, 3.05) is 13.7 Å². The molecule has 0 aliphatic carbocycles. The number of halogens is 1. The molecule has 0 bridgehead atoms. The van der Waals surface area contributed by atoms with Gasteiger partial charge in [0.15, 0.2) is 0 Å². The van der Waals surface area contributed by atoms with E-state index in [1.54, 1.807) is 0 Å². The fourth-order valence-corrected chi connectivity index (χ4v) is 2.46. The minimum atomic E-state index is -4.86. The number of fused-ring (bicyclic) bond motifs is 1. The normalized spacial score (nSPS) is 15.0. The van der Waals surface area contributed by atoms with Gasteiger partial charge in [-0.05, 0) is 29.7 Å². The summed E-state index contributed by atoms with van der Waals surface area (Å²) >= 11 is 0.